The van der Waals surface area contributed by atoms with Gasteiger partial charge in [-0.3, -0.25) is 14.2 Å². The van der Waals surface area contributed by atoms with Gasteiger partial charge in [0.1, 0.15) is 6.54 Å². The second-order valence-electron chi connectivity index (χ2n) is 6.78. The van der Waals surface area contributed by atoms with E-state index >= 15 is 0 Å². The first-order chi connectivity index (χ1) is 11.5. The quantitative estimate of drug-likeness (QED) is 0.873. The van der Waals surface area contributed by atoms with E-state index in [9.17, 15) is 9.59 Å². The van der Waals surface area contributed by atoms with Gasteiger partial charge < -0.3 is 5.32 Å². The summed E-state index contributed by atoms with van der Waals surface area (Å²) in [4.78, 5) is 29.2. The highest BCUT2D eigenvalue weighted by atomic mass is 79.9. The van der Waals surface area contributed by atoms with Crippen molar-refractivity contribution in [1.29, 1.82) is 0 Å². The second kappa shape index (κ2) is 7.05. The van der Waals surface area contributed by atoms with Crippen LogP contribution in [-0.4, -0.2) is 21.5 Å². The molecule has 1 N–H and O–H groups in total. The Hall–Kier alpha value is -1.69. The van der Waals surface area contributed by atoms with Crippen LogP contribution in [0.2, 0.25) is 0 Å². The van der Waals surface area contributed by atoms with E-state index in [0.717, 1.165) is 17.3 Å². The molecule has 0 spiro atoms. The first kappa shape index (κ1) is 17.1. The van der Waals surface area contributed by atoms with Crippen molar-refractivity contribution in [3.8, 4) is 0 Å². The van der Waals surface area contributed by atoms with Crippen LogP contribution in [0.1, 0.15) is 33.1 Å². The molecule has 3 rings (SSSR count). The van der Waals surface area contributed by atoms with Gasteiger partial charge in [0.25, 0.3) is 5.56 Å². The minimum absolute atomic E-state index is 0.00584. The number of amides is 1. The zero-order chi connectivity index (χ0) is 17.3. The molecule has 1 aromatic heterocycles. The Morgan fingerprint density at radius 3 is 2.96 bits per heavy atom. The van der Waals surface area contributed by atoms with Crippen molar-refractivity contribution >= 4 is 32.7 Å². The smallest absolute Gasteiger partial charge is 0.261 e. The van der Waals surface area contributed by atoms with E-state index in [-0.39, 0.29) is 24.1 Å². The Morgan fingerprint density at radius 1 is 1.38 bits per heavy atom. The number of benzene rings is 1. The number of carbonyl (C=O) groups excluding carboxylic acids is 1. The van der Waals surface area contributed by atoms with Crippen LogP contribution in [0.15, 0.2) is 33.8 Å². The third kappa shape index (κ3) is 3.53. The van der Waals surface area contributed by atoms with Crippen molar-refractivity contribution in [2.24, 2.45) is 11.8 Å². The van der Waals surface area contributed by atoms with Crippen LogP contribution in [0.25, 0.3) is 10.9 Å². The van der Waals surface area contributed by atoms with Crippen LogP contribution >= 0.6 is 15.9 Å². The predicted octanol–water partition coefficient (Wildman–Crippen LogP) is 3.10. The molecule has 0 bridgehead atoms. The van der Waals surface area contributed by atoms with E-state index in [0.29, 0.717) is 22.7 Å². The zero-order valence-corrected chi connectivity index (χ0v) is 15.5. The lowest BCUT2D eigenvalue weighted by molar-refractivity contribution is -0.123. The highest BCUT2D eigenvalue weighted by molar-refractivity contribution is 9.10. The van der Waals surface area contributed by atoms with E-state index in [1.807, 2.05) is 6.07 Å². The van der Waals surface area contributed by atoms with Crippen LogP contribution in [0.3, 0.4) is 0 Å². The summed E-state index contributed by atoms with van der Waals surface area (Å²) in [6, 6.07) is 5.57. The number of carbonyl (C=O) groups is 1. The number of nitrogens with zero attached hydrogens (tertiary/aromatic N) is 2. The van der Waals surface area contributed by atoms with Gasteiger partial charge in [-0.2, -0.15) is 0 Å². The second-order valence-corrected chi connectivity index (χ2v) is 7.70. The third-order valence-corrected chi connectivity index (χ3v) is 5.65. The number of halogens is 1. The number of fused-ring (bicyclic) bond motifs is 1. The summed E-state index contributed by atoms with van der Waals surface area (Å²) in [6.07, 6.45) is 4.82. The van der Waals surface area contributed by atoms with Gasteiger partial charge in [0.2, 0.25) is 5.91 Å². The number of nitrogens with one attached hydrogen (secondary N) is 1. The fourth-order valence-corrected chi connectivity index (χ4v) is 3.80. The molecule has 1 heterocycles. The molecule has 1 amide bonds. The predicted molar refractivity (Wildman–Crippen MR) is 97.8 cm³/mol. The maximum Gasteiger partial charge on any atom is 0.261 e. The highest BCUT2D eigenvalue weighted by Crippen LogP contribution is 2.29. The first-order valence-corrected chi connectivity index (χ1v) is 9.19. The largest absolute Gasteiger partial charge is 0.352 e. The molecule has 24 heavy (non-hydrogen) atoms. The van der Waals surface area contributed by atoms with Crippen molar-refractivity contribution in [3.63, 3.8) is 0 Å². The summed E-state index contributed by atoms with van der Waals surface area (Å²) in [5.74, 6) is 0.954. The van der Waals surface area contributed by atoms with Crippen LogP contribution in [0.4, 0.5) is 0 Å². The van der Waals surface area contributed by atoms with Crippen molar-refractivity contribution in [3.05, 3.63) is 39.4 Å². The summed E-state index contributed by atoms with van der Waals surface area (Å²) < 4.78 is 2.20. The minimum atomic E-state index is -0.193. The summed E-state index contributed by atoms with van der Waals surface area (Å²) >= 11 is 3.36. The van der Waals surface area contributed by atoms with E-state index in [2.05, 4.69) is 40.1 Å². The molecule has 0 aliphatic heterocycles. The molecule has 5 nitrogen and oxygen atoms in total. The average Bonchev–Trinajstić information content (AvgIpc) is 2.55. The van der Waals surface area contributed by atoms with Gasteiger partial charge in [0, 0.05) is 10.5 Å². The van der Waals surface area contributed by atoms with Crippen molar-refractivity contribution < 1.29 is 4.79 Å². The van der Waals surface area contributed by atoms with Crippen molar-refractivity contribution in [2.45, 2.75) is 45.7 Å². The molecule has 1 aromatic carbocycles. The molecule has 6 heteroatoms. The average molecular weight is 392 g/mol. The van der Waals surface area contributed by atoms with Gasteiger partial charge >= 0.3 is 0 Å². The van der Waals surface area contributed by atoms with E-state index in [1.54, 1.807) is 12.1 Å². The SMILES string of the molecule is C[C@@H]1[C@H](C)CCC[C@@H]1NC(=O)Cn1cnc2ccc(Br)cc2c1=O. The Kier molecular flexibility index (Phi) is 5.04. The van der Waals surface area contributed by atoms with Crippen LogP contribution in [0, 0.1) is 11.8 Å². The van der Waals surface area contributed by atoms with E-state index < -0.39 is 0 Å². The molecule has 0 radical (unpaired) electrons. The molecule has 128 valence electrons. The maximum absolute atomic E-state index is 12.5. The van der Waals surface area contributed by atoms with Gasteiger partial charge in [-0.15, -0.1) is 0 Å². The van der Waals surface area contributed by atoms with Gasteiger partial charge in [0.15, 0.2) is 0 Å². The Labute approximate surface area is 149 Å². The standard InChI is InChI=1S/C18H22BrN3O2/c1-11-4-3-5-15(12(11)2)21-17(23)9-22-10-20-16-7-6-13(19)8-14(16)18(22)24/h6-8,10-12,15H,3-5,9H2,1-2H3,(H,21,23)/t11-,12-,15+/m1/s1. The van der Waals surface area contributed by atoms with Gasteiger partial charge in [-0.25, -0.2) is 4.98 Å². The Morgan fingerprint density at radius 2 is 2.17 bits per heavy atom. The van der Waals surface area contributed by atoms with Crippen molar-refractivity contribution in [2.75, 3.05) is 0 Å². The van der Waals surface area contributed by atoms with Crippen LogP contribution in [0.5, 0.6) is 0 Å². The lowest BCUT2D eigenvalue weighted by Gasteiger charge is -2.34. The van der Waals surface area contributed by atoms with Gasteiger partial charge in [-0.05, 0) is 36.5 Å². The monoisotopic (exact) mass is 391 g/mol. The number of hydrogen-bond acceptors (Lipinski definition) is 3. The Bertz CT molecular complexity index is 818. The Balaban J connectivity index is 1.76. The fraction of sp³-hybridized carbons (Fsp3) is 0.500. The summed E-state index contributed by atoms with van der Waals surface area (Å²) in [7, 11) is 0. The number of rotatable bonds is 3. The molecule has 1 fully saturated rings. The van der Waals surface area contributed by atoms with Gasteiger partial charge in [0.05, 0.1) is 17.2 Å². The summed E-state index contributed by atoms with van der Waals surface area (Å²) in [6.45, 7) is 4.43. The zero-order valence-electron chi connectivity index (χ0n) is 14.0. The van der Waals surface area contributed by atoms with Crippen LogP contribution < -0.4 is 10.9 Å². The summed E-state index contributed by atoms with van der Waals surface area (Å²) in [5.41, 5.74) is 0.441. The van der Waals surface area contributed by atoms with Crippen molar-refractivity contribution in [1.82, 2.24) is 14.9 Å². The minimum Gasteiger partial charge on any atom is -0.352 e. The highest BCUT2D eigenvalue weighted by Gasteiger charge is 2.28. The van der Waals surface area contributed by atoms with Gasteiger partial charge in [-0.1, -0.05) is 42.6 Å². The third-order valence-electron chi connectivity index (χ3n) is 5.15. The fourth-order valence-electron chi connectivity index (χ4n) is 3.44. The molecule has 3 atom stereocenters. The summed E-state index contributed by atoms with van der Waals surface area (Å²) in [5, 5.41) is 3.61. The first-order valence-electron chi connectivity index (χ1n) is 8.40. The topological polar surface area (TPSA) is 64.0 Å². The van der Waals surface area contributed by atoms with E-state index in [4.69, 9.17) is 0 Å². The molecule has 1 saturated carbocycles. The molecule has 0 saturated heterocycles. The molecule has 1 aliphatic carbocycles. The molecule has 0 unspecified atom stereocenters. The number of aromatic nitrogens is 2. The molecule has 1 aliphatic rings. The van der Waals surface area contributed by atoms with Crippen LogP contribution in [-0.2, 0) is 11.3 Å². The molecular formula is C18H22BrN3O2. The number of hydrogen-bond donors (Lipinski definition) is 1. The molecular weight excluding hydrogens is 370 g/mol. The lowest BCUT2D eigenvalue weighted by Crippen LogP contribution is -2.45. The maximum atomic E-state index is 12.5. The molecule has 2 aromatic rings. The normalized spacial score (nSPS) is 24.0. The van der Waals surface area contributed by atoms with E-state index in [1.165, 1.54) is 17.3 Å². The lowest BCUT2D eigenvalue weighted by atomic mass is 9.78.